The number of non-ortho nitro benzene ring substituents is 1. The van der Waals surface area contributed by atoms with E-state index in [-0.39, 0.29) is 23.7 Å². The molecule has 2 aromatic rings. The zero-order chi connectivity index (χ0) is 20.5. The predicted molar refractivity (Wildman–Crippen MR) is 102 cm³/mol. The number of anilines is 1. The second-order valence-corrected chi connectivity index (χ2v) is 8.25. The van der Waals surface area contributed by atoms with Gasteiger partial charge >= 0.3 is 0 Å². The molecule has 0 spiro atoms. The topological polar surface area (TPSA) is 127 Å². The van der Waals surface area contributed by atoms with Gasteiger partial charge < -0.3 is 4.90 Å². The maximum Gasteiger partial charge on any atom is 0.289 e. The van der Waals surface area contributed by atoms with E-state index in [1.807, 2.05) is 4.90 Å². The van der Waals surface area contributed by atoms with Crippen molar-refractivity contribution in [3.63, 3.8) is 0 Å². The van der Waals surface area contributed by atoms with Gasteiger partial charge in [-0.25, -0.2) is 8.42 Å². The zero-order valence-corrected chi connectivity index (χ0v) is 15.8. The van der Waals surface area contributed by atoms with Crippen molar-refractivity contribution >= 4 is 27.1 Å². The van der Waals surface area contributed by atoms with Crippen LogP contribution in [-0.4, -0.2) is 48.7 Å². The average molecular weight is 406 g/mol. The molecule has 1 aliphatic heterocycles. The Morgan fingerprint density at radius 2 is 1.57 bits per heavy atom. The Kier molecular flexibility index (Phi) is 5.29. The fourth-order valence-corrected chi connectivity index (χ4v) is 4.82. The second-order valence-electron chi connectivity index (χ2n) is 6.34. The molecule has 0 aliphatic carbocycles. The highest BCUT2D eigenvalue weighted by atomic mass is 32.2. The van der Waals surface area contributed by atoms with Crippen molar-refractivity contribution < 1.29 is 18.3 Å². The van der Waals surface area contributed by atoms with Crippen LogP contribution >= 0.6 is 0 Å². The summed E-state index contributed by atoms with van der Waals surface area (Å²) in [5.74, 6) is 0. The first-order chi connectivity index (χ1) is 13.2. The molecular formula is C17H18N4O6S. The number of piperazine rings is 1. The number of hydrogen-bond acceptors (Lipinski definition) is 7. The molecule has 28 heavy (non-hydrogen) atoms. The van der Waals surface area contributed by atoms with Crippen LogP contribution in [0.3, 0.4) is 0 Å². The normalized spacial score (nSPS) is 15.4. The molecule has 10 nitrogen and oxygen atoms in total. The highest BCUT2D eigenvalue weighted by Crippen LogP contribution is 2.29. The standard InChI is InChI=1S/C17H18N4O6S/c1-13-12-14(20(22)23)6-7-15(13)18-8-10-19(11-9-18)28(26,27)17-5-3-2-4-16(17)21(24)25/h2-7,12H,8-11H2,1H3. The lowest BCUT2D eigenvalue weighted by atomic mass is 10.1. The van der Waals surface area contributed by atoms with E-state index in [0.29, 0.717) is 13.1 Å². The third-order valence-electron chi connectivity index (χ3n) is 4.65. The van der Waals surface area contributed by atoms with Crippen LogP contribution in [0, 0.1) is 27.2 Å². The Labute approximate surface area is 161 Å². The second kappa shape index (κ2) is 7.52. The molecule has 0 bridgehead atoms. The van der Waals surface area contributed by atoms with Gasteiger partial charge in [-0.05, 0) is 24.6 Å². The maximum absolute atomic E-state index is 12.9. The van der Waals surface area contributed by atoms with E-state index < -0.39 is 25.6 Å². The van der Waals surface area contributed by atoms with Crippen LogP contribution in [0.4, 0.5) is 17.1 Å². The Balaban J connectivity index is 1.79. The van der Waals surface area contributed by atoms with Gasteiger partial charge in [0.1, 0.15) is 0 Å². The molecule has 0 N–H and O–H groups in total. The van der Waals surface area contributed by atoms with E-state index in [9.17, 15) is 28.6 Å². The first-order valence-corrected chi connectivity index (χ1v) is 9.89. The molecule has 0 aromatic heterocycles. The smallest absolute Gasteiger partial charge is 0.289 e. The van der Waals surface area contributed by atoms with E-state index in [1.54, 1.807) is 13.0 Å². The number of aryl methyl sites for hydroxylation is 1. The molecule has 3 rings (SSSR count). The quantitative estimate of drug-likeness (QED) is 0.551. The molecule has 0 unspecified atom stereocenters. The number of nitro benzene ring substituents is 2. The van der Waals surface area contributed by atoms with Gasteiger partial charge in [0, 0.05) is 50.1 Å². The van der Waals surface area contributed by atoms with Crippen LogP contribution in [0.5, 0.6) is 0 Å². The van der Waals surface area contributed by atoms with Crippen molar-refractivity contribution in [3.05, 3.63) is 68.3 Å². The lowest BCUT2D eigenvalue weighted by Crippen LogP contribution is -2.48. The van der Waals surface area contributed by atoms with Crippen molar-refractivity contribution in [2.75, 3.05) is 31.1 Å². The summed E-state index contributed by atoms with van der Waals surface area (Å²) in [5, 5.41) is 22.0. The molecule has 1 aliphatic rings. The summed E-state index contributed by atoms with van der Waals surface area (Å²) >= 11 is 0. The molecule has 1 heterocycles. The van der Waals surface area contributed by atoms with Crippen LogP contribution in [0.2, 0.25) is 0 Å². The summed E-state index contributed by atoms with van der Waals surface area (Å²) in [7, 11) is -4.00. The van der Waals surface area contributed by atoms with Crippen molar-refractivity contribution in [1.29, 1.82) is 0 Å². The molecule has 2 aromatic carbocycles. The predicted octanol–water partition coefficient (Wildman–Crippen LogP) is 2.32. The molecule has 0 atom stereocenters. The molecule has 0 saturated carbocycles. The Bertz CT molecular complexity index is 1030. The highest BCUT2D eigenvalue weighted by molar-refractivity contribution is 7.89. The minimum atomic E-state index is -4.00. The van der Waals surface area contributed by atoms with Crippen molar-refractivity contribution in [1.82, 2.24) is 4.31 Å². The van der Waals surface area contributed by atoms with E-state index in [0.717, 1.165) is 11.3 Å². The van der Waals surface area contributed by atoms with Gasteiger partial charge in [-0.2, -0.15) is 4.31 Å². The summed E-state index contributed by atoms with van der Waals surface area (Å²) in [5.41, 5.74) is 1.08. The average Bonchev–Trinajstić information content (AvgIpc) is 2.68. The Morgan fingerprint density at radius 3 is 2.14 bits per heavy atom. The summed E-state index contributed by atoms with van der Waals surface area (Å²) in [4.78, 5) is 22.5. The Morgan fingerprint density at radius 1 is 0.929 bits per heavy atom. The number of nitrogens with zero attached hydrogens (tertiary/aromatic N) is 4. The molecule has 0 radical (unpaired) electrons. The lowest BCUT2D eigenvalue weighted by Gasteiger charge is -2.36. The monoisotopic (exact) mass is 406 g/mol. The van der Waals surface area contributed by atoms with Gasteiger partial charge in [0.05, 0.1) is 9.85 Å². The molecule has 148 valence electrons. The van der Waals surface area contributed by atoms with Gasteiger partial charge in [0.15, 0.2) is 4.90 Å². The summed E-state index contributed by atoms with van der Waals surface area (Å²) in [6.07, 6.45) is 0. The van der Waals surface area contributed by atoms with Crippen LogP contribution in [0.1, 0.15) is 5.56 Å². The van der Waals surface area contributed by atoms with E-state index in [2.05, 4.69) is 0 Å². The fraction of sp³-hybridized carbons (Fsp3) is 0.294. The first-order valence-electron chi connectivity index (χ1n) is 8.45. The number of hydrogen-bond donors (Lipinski definition) is 0. The third-order valence-corrected chi connectivity index (χ3v) is 6.60. The molecular weight excluding hydrogens is 388 g/mol. The van der Waals surface area contributed by atoms with Crippen LogP contribution < -0.4 is 4.90 Å². The lowest BCUT2D eigenvalue weighted by molar-refractivity contribution is -0.387. The largest absolute Gasteiger partial charge is 0.369 e. The van der Waals surface area contributed by atoms with Gasteiger partial charge in [-0.3, -0.25) is 20.2 Å². The molecule has 11 heteroatoms. The number of para-hydroxylation sites is 1. The van der Waals surface area contributed by atoms with Gasteiger partial charge in [-0.1, -0.05) is 12.1 Å². The van der Waals surface area contributed by atoms with Crippen LogP contribution in [-0.2, 0) is 10.0 Å². The van der Waals surface area contributed by atoms with E-state index >= 15 is 0 Å². The maximum atomic E-state index is 12.9. The summed E-state index contributed by atoms with van der Waals surface area (Å²) in [6.45, 7) is 2.82. The van der Waals surface area contributed by atoms with Crippen molar-refractivity contribution in [2.24, 2.45) is 0 Å². The third kappa shape index (κ3) is 3.66. The molecule has 1 saturated heterocycles. The van der Waals surface area contributed by atoms with Gasteiger partial charge in [0.2, 0.25) is 10.0 Å². The SMILES string of the molecule is Cc1cc([N+](=O)[O-])ccc1N1CCN(S(=O)(=O)c2ccccc2[N+](=O)[O-])CC1. The minimum Gasteiger partial charge on any atom is -0.369 e. The fourth-order valence-electron chi connectivity index (χ4n) is 3.24. The summed E-state index contributed by atoms with van der Waals surface area (Å²) in [6, 6.07) is 9.83. The summed E-state index contributed by atoms with van der Waals surface area (Å²) < 4.78 is 27.0. The highest BCUT2D eigenvalue weighted by Gasteiger charge is 2.33. The van der Waals surface area contributed by atoms with Crippen LogP contribution in [0.15, 0.2) is 47.4 Å². The zero-order valence-electron chi connectivity index (χ0n) is 15.0. The van der Waals surface area contributed by atoms with E-state index in [4.69, 9.17) is 0 Å². The number of sulfonamides is 1. The first kappa shape index (κ1) is 19.7. The van der Waals surface area contributed by atoms with Crippen molar-refractivity contribution in [2.45, 2.75) is 11.8 Å². The number of rotatable bonds is 5. The van der Waals surface area contributed by atoms with Gasteiger partial charge in [-0.15, -0.1) is 0 Å². The molecule has 0 amide bonds. The van der Waals surface area contributed by atoms with Gasteiger partial charge in [0.25, 0.3) is 11.4 Å². The number of nitro groups is 2. The van der Waals surface area contributed by atoms with Crippen LogP contribution in [0.25, 0.3) is 0 Å². The van der Waals surface area contributed by atoms with E-state index in [1.165, 1.54) is 40.7 Å². The minimum absolute atomic E-state index is 0.00106. The number of benzene rings is 2. The Hall–Kier alpha value is -3.05. The molecule has 1 fully saturated rings. The van der Waals surface area contributed by atoms with Crippen molar-refractivity contribution in [3.8, 4) is 0 Å².